The lowest BCUT2D eigenvalue weighted by atomic mass is 10.1. The second kappa shape index (κ2) is 5.71. The first-order chi connectivity index (χ1) is 7.86. The van der Waals surface area contributed by atoms with Crippen LogP contribution in [-0.4, -0.2) is 36.1 Å². The predicted molar refractivity (Wildman–Crippen MR) is 58.2 cm³/mol. The number of likely N-dealkylation sites (tertiary alicyclic amines) is 1. The minimum atomic E-state index is -4.21. The third kappa shape index (κ3) is 3.87. The lowest BCUT2D eigenvalue weighted by Gasteiger charge is -2.21. The first-order valence-electron chi connectivity index (χ1n) is 5.97. The molecule has 0 saturated carbocycles. The van der Waals surface area contributed by atoms with Crippen LogP contribution in [0.2, 0.25) is 0 Å². The number of carbonyl (C=O) groups is 1. The molecule has 1 saturated heterocycles. The van der Waals surface area contributed by atoms with E-state index < -0.39 is 18.1 Å². The lowest BCUT2D eigenvalue weighted by molar-refractivity contribution is -0.171. The molecule has 100 valence electrons. The molecule has 0 spiro atoms. The van der Waals surface area contributed by atoms with Crippen molar-refractivity contribution in [1.82, 2.24) is 4.90 Å². The Labute approximate surface area is 99.1 Å². The molecule has 0 aromatic heterocycles. The van der Waals surface area contributed by atoms with Crippen molar-refractivity contribution in [2.45, 2.75) is 44.8 Å². The van der Waals surface area contributed by atoms with Crippen LogP contribution in [0.4, 0.5) is 13.2 Å². The first kappa shape index (κ1) is 14.3. The topological polar surface area (TPSA) is 46.3 Å². The third-order valence-electron chi connectivity index (χ3n) is 3.15. The Kier molecular flexibility index (Phi) is 4.80. The van der Waals surface area contributed by atoms with Crippen molar-refractivity contribution in [3.8, 4) is 0 Å². The van der Waals surface area contributed by atoms with Gasteiger partial charge in [0.05, 0.1) is 12.0 Å². The van der Waals surface area contributed by atoms with Gasteiger partial charge in [0.25, 0.3) is 0 Å². The summed E-state index contributed by atoms with van der Waals surface area (Å²) in [6.07, 6.45) is -1.92. The number of nitrogens with two attached hydrogens (primary N) is 1. The third-order valence-corrected chi connectivity index (χ3v) is 3.15. The molecule has 0 aromatic carbocycles. The number of hydrogen-bond acceptors (Lipinski definition) is 2. The second-order valence-corrected chi connectivity index (χ2v) is 4.56. The van der Waals surface area contributed by atoms with Crippen LogP contribution in [0.5, 0.6) is 0 Å². The second-order valence-electron chi connectivity index (χ2n) is 4.56. The van der Waals surface area contributed by atoms with E-state index in [1.165, 1.54) is 4.90 Å². The van der Waals surface area contributed by atoms with E-state index in [0.717, 1.165) is 12.8 Å². The molecular weight excluding hydrogens is 233 g/mol. The van der Waals surface area contributed by atoms with Gasteiger partial charge < -0.3 is 10.6 Å². The fourth-order valence-electron chi connectivity index (χ4n) is 2.01. The van der Waals surface area contributed by atoms with Crippen molar-refractivity contribution in [3.63, 3.8) is 0 Å². The molecule has 1 aliphatic rings. The van der Waals surface area contributed by atoms with Gasteiger partial charge in [-0.25, -0.2) is 0 Å². The van der Waals surface area contributed by atoms with Crippen molar-refractivity contribution >= 4 is 5.91 Å². The van der Waals surface area contributed by atoms with E-state index in [1.807, 2.05) is 6.92 Å². The maximum Gasteiger partial charge on any atom is 0.393 e. The van der Waals surface area contributed by atoms with Crippen molar-refractivity contribution in [2.75, 3.05) is 13.1 Å². The summed E-state index contributed by atoms with van der Waals surface area (Å²) < 4.78 is 37.3. The molecule has 2 atom stereocenters. The van der Waals surface area contributed by atoms with Gasteiger partial charge in [0, 0.05) is 13.1 Å². The number of hydrogen-bond donors (Lipinski definition) is 1. The maximum absolute atomic E-state index is 12.4. The highest BCUT2D eigenvalue weighted by molar-refractivity contribution is 5.81. The Morgan fingerprint density at radius 3 is 2.65 bits per heavy atom. The van der Waals surface area contributed by atoms with Crippen molar-refractivity contribution in [3.05, 3.63) is 0 Å². The lowest BCUT2D eigenvalue weighted by Crippen LogP contribution is -2.43. The van der Waals surface area contributed by atoms with Gasteiger partial charge in [-0.1, -0.05) is 19.8 Å². The number of amides is 1. The first-order valence-corrected chi connectivity index (χ1v) is 5.97. The molecule has 0 bridgehead atoms. The number of rotatable bonds is 4. The summed E-state index contributed by atoms with van der Waals surface area (Å²) in [6, 6.07) is -0.651. The van der Waals surface area contributed by atoms with Gasteiger partial charge >= 0.3 is 6.18 Å². The van der Waals surface area contributed by atoms with Gasteiger partial charge in [-0.15, -0.1) is 0 Å². The number of alkyl halides is 3. The van der Waals surface area contributed by atoms with E-state index in [-0.39, 0.29) is 25.4 Å². The van der Waals surface area contributed by atoms with E-state index in [4.69, 9.17) is 5.73 Å². The molecule has 1 amide bonds. The highest BCUT2D eigenvalue weighted by Gasteiger charge is 2.45. The normalized spacial score (nSPS) is 22.9. The molecule has 17 heavy (non-hydrogen) atoms. The van der Waals surface area contributed by atoms with E-state index in [1.54, 1.807) is 0 Å². The monoisotopic (exact) mass is 252 g/mol. The molecule has 0 aliphatic carbocycles. The Balaban J connectivity index is 2.45. The van der Waals surface area contributed by atoms with E-state index in [0.29, 0.717) is 6.42 Å². The summed E-state index contributed by atoms with van der Waals surface area (Å²) in [5, 5.41) is 0. The highest BCUT2D eigenvalue weighted by Crippen LogP contribution is 2.33. The van der Waals surface area contributed by atoms with Crippen LogP contribution in [0.1, 0.15) is 32.6 Å². The molecule has 1 heterocycles. The van der Waals surface area contributed by atoms with Crippen molar-refractivity contribution < 1.29 is 18.0 Å². The number of halogens is 3. The van der Waals surface area contributed by atoms with Gasteiger partial charge in [-0.3, -0.25) is 4.79 Å². The van der Waals surface area contributed by atoms with Crippen LogP contribution in [0.3, 0.4) is 0 Å². The molecule has 1 aliphatic heterocycles. The number of nitrogens with zero attached hydrogens (tertiary/aromatic N) is 1. The van der Waals surface area contributed by atoms with Crippen LogP contribution in [0.15, 0.2) is 0 Å². The van der Waals surface area contributed by atoms with Crippen LogP contribution >= 0.6 is 0 Å². The molecule has 2 unspecified atom stereocenters. The Morgan fingerprint density at radius 2 is 2.18 bits per heavy atom. The molecule has 1 fully saturated rings. The van der Waals surface area contributed by atoms with Crippen LogP contribution in [-0.2, 0) is 4.79 Å². The SMILES string of the molecule is CCCCC(N)C(=O)N1CCC(C(F)(F)F)C1. The standard InChI is InChI=1S/C11H19F3N2O/c1-2-3-4-9(15)10(17)16-6-5-8(7-16)11(12,13)14/h8-9H,2-7,15H2,1H3. The Hall–Kier alpha value is -0.780. The largest absolute Gasteiger partial charge is 0.393 e. The summed E-state index contributed by atoms with van der Waals surface area (Å²) in [5.74, 6) is -1.73. The van der Waals surface area contributed by atoms with Gasteiger partial charge in [-0.2, -0.15) is 13.2 Å². The molecule has 0 aromatic rings. The molecule has 1 rings (SSSR count). The molecule has 2 N–H and O–H groups in total. The fourth-order valence-corrected chi connectivity index (χ4v) is 2.01. The van der Waals surface area contributed by atoms with Crippen LogP contribution in [0, 0.1) is 5.92 Å². The van der Waals surface area contributed by atoms with Crippen LogP contribution in [0.25, 0.3) is 0 Å². The Morgan fingerprint density at radius 1 is 1.53 bits per heavy atom. The fraction of sp³-hybridized carbons (Fsp3) is 0.909. The average molecular weight is 252 g/mol. The van der Waals surface area contributed by atoms with E-state index in [9.17, 15) is 18.0 Å². The number of unbranched alkanes of at least 4 members (excludes halogenated alkanes) is 1. The maximum atomic E-state index is 12.4. The molecular formula is C11H19F3N2O. The van der Waals surface area contributed by atoms with Gasteiger partial charge in [0.15, 0.2) is 0 Å². The zero-order valence-corrected chi connectivity index (χ0v) is 9.96. The minimum absolute atomic E-state index is 0.00423. The zero-order chi connectivity index (χ0) is 13.1. The van der Waals surface area contributed by atoms with Gasteiger partial charge in [0.2, 0.25) is 5.91 Å². The summed E-state index contributed by atoms with van der Waals surface area (Å²) in [7, 11) is 0. The smallest absolute Gasteiger partial charge is 0.341 e. The minimum Gasteiger partial charge on any atom is -0.341 e. The van der Waals surface area contributed by atoms with Crippen molar-refractivity contribution in [1.29, 1.82) is 0 Å². The molecule has 3 nitrogen and oxygen atoms in total. The predicted octanol–water partition coefficient (Wildman–Crippen LogP) is 1.91. The average Bonchev–Trinajstić information content (AvgIpc) is 2.73. The number of carbonyl (C=O) groups excluding carboxylic acids is 1. The van der Waals surface area contributed by atoms with E-state index in [2.05, 4.69) is 0 Å². The van der Waals surface area contributed by atoms with Gasteiger partial charge in [0.1, 0.15) is 0 Å². The van der Waals surface area contributed by atoms with Crippen LogP contribution < -0.4 is 5.73 Å². The zero-order valence-electron chi connectivity index (χ0n) is 9.96. The molecule has 0 radical (unpaired) electrons. The van der Waals surface area contributed by atoms with Gasteiger partial charge in [-0.05, 0) is 12.8 Å². The Bertz CT molecular complexity index is 268. The summed E-state index contributed by atoms with van der Waals surface area (Å²) in [5.41, 5.74) is 5.67. The summed E-state index contributed by atoms with van der Waals surface area (Å²) in [6.45, 7) is 1.91. The van der Waals surface area contributed by atoms with E-state index >= 15 is 0 Å². The van der Waals surface area contributed by atoms with Crippen molar-refractivity contribution in [2.24, 2.45) is 11.7 Å². The summed E-state index contributed by atoms with van der Waals surface area (Å²) in [4.78, 5) is 13.0. The summed E-state index contributed by atoms with van der Waals surface area (Å²) >= 11 is 0. The molecule has 6 heteroatoms. The quantitative estimate of drug-likeness (QED) is 0.830. The highest BCUT2D eigenvalue weighted by atomic mass is 19.4.